The summed E-state index contributed by atoms with van der Waals surface area (Å²) in [6.07, 6.45) is 4.26. The molecule has 0 aliphatic heterocycles. The maximum Gasteiger partial charge on any atom is 0.150 e. The fraction of sp³-hybridized carbons (Fsp3) is 0.316. The maximum absolute atomic E-state index is 13.8. The Hall–Kier alpha value is -1.96. The lowest BCUT2D eigenvalue weighted by molar-refractivity contribution is 0.112. The number of hydrogen-bond acceptors (Lipinski definition) is 1. The van der Waals surface area contributed by atoms with E-state index in [2.05, 4.69) is 13.8 Å². The van der Waals surface area contributed by atoms with Crippen molar-refractivity contribution in [1.29, 1.82) is 0 Å². The van der Waals surface area contributed by atoms with Crippen LogP contribution in [0.3, 0.4) is 0 Å². The molecule has 0 atom stereocenters. The highest BCUT2D eigenvalue weighted by Crippen LogP contribution is 2.26. The summed E-state index contributed by atoms with van der Waals surface area (Å²) in [5.41, 5.74) is 7.84. The molecule has 2 aromatic rings. The van der Waals surface area contributed by atoms with Gasteiger partial charge >= 0.3 is 0 Å². The van der Waals surface area contributed by atoms with E-state index < -0.39 is 0 Å². The van der Waals surface area contributed by atoms with E-state index in [-0.39, 0.29) is 5.82 Å². The normalized spacial score (nSPS) is 13.9. The number of aldehydes is 1. The molecule has 108 valence electrons. The Balaban J connectivity index is 2.11. The van der Waals surface area contributed by atoms with Gasteiger partial charge in [0.15, 0.2) is 0 Å². The Morgan fingerprint density at radius 2 is 1.19 bits per heavy atom. The molecular weight excluding hydrogens is 263 g/mol. The lowest BCUT2D eigenvalue weighted by atomic mass is 9.87. The molecule has 0 aromatic heterocycles. The summed E-state index contributed by atoms with van der Waals surface area (Å²) in [4.78, 5) is 11.1. The van der Waals surface area contributed by atoms with Gasteiger partial charge in [-0.25, -0.2) is 4.39 Å². The smallest absolute Gasteiger partial charge is 0.150 e. The van der Waals surface area contributed by atoms with Gasteiger partial charge in [-0.2, -0.15) is 0 Å². The minimum absolute atomic E-state index is 0.139. The lowest BCUT2D eigenvalue weighted by Crippen LogP contribution is -2.07. The number of halogens is 1. The van der Waals surface area contributed by atoms with Crippen LogP contribution in [0.4, 0.5) is 4.39 Å². The molecular formula is C19H19FO. The van der Waals surface area contributed by atoms with Gasteiger partial charge in [-0.1, -0.05) is 0 Å². The second kappa shape index (κ2) is 5.44. The van der Waals surface area contributed by atoms with Crippen LogP contribution in [0, 0.1) is 19.7 Å². The molecule has 3 rings (SSSR count). The molecule has 0 radical (unpaired) electrons. The van der Waals surface area contributed by atoms with E-state index in [1.54, 1.807) is 12.1 Å². The number of benzene rings is 2. The van der Waals surface area contributed by atoms with Gasteiger partial charge < -0.3 is 0 Å². The van der Waals surface area contributed by atoms with Crippen LogP contribution < -0.4 is 0 Å². The Kier molecular flexibility index (Phi) is 3.62. The Labute approximate surface area is 124 Å². The van der Waals surface area contributed by atoms with Gasteiger partial charge in [0, 0.05) is 5.56 Å². The summed E-state index contributed by atoms with van der Waals surface area (Å²) in [5.74, 6) is -0.139. The number of aryl methyl sites for hydroxylation is 4. The fourth-order valence-electron chi connectivity index (χ4n) is 3.31. The van der Waals surface area contributed by atoms with E-state index in [4.69, 9.17) is 0 Å². The molecule has 2 heteroatoms. The summed E-state index contributed by atoms with van der Waals surface area (Å²) >= 11 is 0. The Bertz CT molecular complexity index is 665. The first-order valence-corrected chi connectivity index (χ1v) is 7.44. The zero-order valence-electron chi connectivity index (χ0n) is 12.5. The van der Waals surface area contributed by atoms with Crippen molar-refractivity contribution in [3.8, 4) is 0 Å². The second-order valence-electron chi connectivity index (χ2n) is 5.93. The van der Waals surface area contributed by atoms with E-state index in [9.17, 15) is 9.18 Å². The molecule has 0 heterocycles. The van der Waals surface area contributed by atoms with Crippen molar-refractivity contribution < 1.29 is 9.18 Å². The summed E-state index contributed by atoms with van der Waals surface area (Å²) in [6, 6.07) is 7.26. The zero-order chi connectivity index (χ0) is 15.0. The van der Waals surface area contributed by atoms with Crippen molar-refractivity contribution in [2.24, 2.45) is 0 Å². The number of carbonyl (C=O) groups excluding carboxylic acids is 1. The predicted molar refractivity (Wildman–Crippen MR) is 82.5 cm³/mol. The molecule has 21 heavy (non-hydrogen) atoms. The van der Waals surface area contributed by atoms with Gasteiger partial charge in [-0.3, -0.25) is 4.79 Å². The van der Waals surface area contributed by atoms with Crippen LogP contribution in [-0.4, -0.2) is 6.29 Å². The largest absolute Gasteiger partial charge is 0.298 e. The molecule has 1 aliphatic carbocycles. The quantitative estimate of drug-likeness (QED) is 0.718. The molecule has 1 aliphatic rings. The van der Waals surface area contributed by atoms with E-state index >= 15 is 0 Å². The van der Waals surface area contributed by atoms with E-state index in [1.165, 1.54) is 22.3 Å². The first kappa shape index (κ1) is 14.0. The average molecular weight is 282 g/mol. The van der Waals surface area contributed by atoms with Crippen molar-refractivity contribution in [3.05, 3.63) is 69.0 Å². The Morgan fingerprint density at radius 3 is 1.57 bits per heavy atom. The van der Waals surface area contributed by atoms with Crippen molar-refractivity contribution >= 4 is 6.29 Å². The lowest BCUT2D eigenvalue weighted by Gasteiger charge is -2.18. The standard InChI is InChI=1S/C19H19FO/c1-12-15-3-5-17-9-19(20)10-18(13(17)2)6-4-16(12)8-14(7-15)11-21/h7-11H,3-6H2,1-2H3. The molecule has 0 amide bonds. The molecule has 2 aromatic carbocycles. The van der Waals surface area contributed by atoms with Crippen molar-refractivity contribution in [2.75, 3.05) is 0 Å². The first-order chi connectivity index (χ1) is 10.1. The van der Waals surface area contributed by atoms with Crippen LogP contribution in [-0.2, 0) is 25.7 Å². The Morgan fingerprint density at radius 1 is 0.810 bits per heavy atom. The summed E-state index contributed by atoms with van der Waals surface area (Å²) in [6.45, 7) is 4.21. The fourth-order valence-corrected chi connectivity index (χ4v) is 3.31. The number of fused-ring (bicyclic) bond motifs is 4. The van der Waals surface area contributed by atoms with E-state index in [1.807, 2.05) is 12.1 Å². The average Bonchev–Trinajstić information content (AvgIpc) is 2.47. The number of carbonyl (C=O) groups is 1. The van der Waals surface area contributed by atoms with Crippen molar-refractivity contribution in [1.82, 2.24) is 0 Å². The zero-order valence-corrected chi connectivity index (χ0v) is 12.5. The minimum atomic E-state index is -0.139. The second-order valence-corrected chi connectivity index (χ2v) is 5.93. The molecule has 0 unspecified atom stereocenters. The highest BCUT2D eigenvalue weighted by Gasteiger charge is 2.14. The molecule has 0 saturated carbocycles. The SMILES string of the molecule is Cc1c2cc(F)cc1CCc1cc(C=O)cc(c1C)CC2. The topological polar surface area (TPSA) is 17.1 Å². The van der Waals surface area contributed by atoms with Gasteiger partial charge in [0.05, 0.1) is 0 Å². The molecule has 1 nitrogen and oxygen atoms in total. The first-order valence-electron chi connectivity index (χ1n) is 7.44. The highest BCUT2D eigenvalue weighted by atomic mass is 19.1. The third kappa shape index (κ3) is 2.63. The van der Waals surface area contributed by atoms with Crippen molar-refractivity contribution in [2.45, 2.75) is 39.5 Å². The van der Waals surface area contributed by atoms with Gasteiger partial charge in [-0.05, 0) is 97.2 Å². The molecule has 0 saturated heterocycles. The van der Waals surface area contributed by atoms with Gasteiger partial charge in [0.2, 0.25) is 0 Å². The summed E-state index contributed by atoms with van der Waals surface area (Å²) in [7, 11) is 0. The van der Waals surface area contributed by atoms with E-state index in [0.29, 0.717) is 0 Å². The minimum Gasteiger partial charge on any atom is -0.298 e. The summed E-state index contributed by atoms with van der Waals surface area (Å²) in [5, 5.41) is 0. The number of hydrogen-bond donors (Lipinski definition) is 0. The number of rotatable bonds is 1. The van der Waals surface area contributed by atoms with Crippen LogP contribution in [0.1, 0.15) is 43.7 Å². The summed E-state index contributed by atoms with van der Waals surface area (Å²) < 4.78 is 13.8. The maximum atomic E-state index is 13.8. The van der Waals surface area contributed by atoms with Gasteiger partial charge in [-0.15, -0.1) is 0 Å². The van der Waals surface area contributed by atoms with Crippen LogP contribution in [0.2, 0.25) is 0 Å². The van der Waals surface area contributed by atoms with Crippen LogP contribution in [0.25, 0.3) is 0 Å². The van der Waals surface area contributed by atoms with Gasteiger partial charge in [0.25, 0.3) is 0 Å². The molecule has 0 fully saturated rings. The molecule has 0 spiro atoms. The molecule has 4 bridgehead atoms. The third-order valence-electron chi connectivity index (χ3n) is 4.70. The van der Waals surface area contributed by atoms with Crippen molar-refractivity contribution in [3.63, 3.8) is 0 Å². The third-order valence-corrected chi connectivity index (χ3v) is 4.70. The van der Waals surface area contributed by atoms with E-state index in [0.717, 1.165) is 48.7 Å². The van der Waals surface area contributed by atoms with Gasteiger partial charge in [0.1, 0.15) is 12.1 Å². The van der Waals surface area contributed by atoms with Crippen LogP contribution in [0.15, 0.2) is 24.3 Å². The molecule has 0 N–H and O–H groups in total. The van der Waals surface area contributed by atoms with Crippen LogP contribution >= 0.6 is 0 Å². The van der Waals surface area contributed by atoms with Crippen LogP contribution in [0.5, 0.6) is 0 Å². The predicted octanol–water partition coefficient (Wildman–Crippen LogP) is 4.14. The highest BCUT2D eigenvalue weighted by molar-refractivity contribution is 5.76. The monoisotopic (exact) mass is 282 g/mol.